The molecule has 0 aromatic carbocycles. The van der Waals surface area contributed by atoms with Crippen LogP contribution in [0.2, 0.25) is 0 Å². The Balaban J connectivity index is 1.57. The molecule has 1 aliphatic carbocycles. The highest BCUT2D eigenvalue weighted by atomic mass is 16.5. The highest BCUT2D eigenvalue weighted by molar-refractivity contribution is 6.09. The summed E-state index contributed by atoms with van der Waals surface area (Å²) in [5.74, 6) is 0.203. The fourth-order valence-corrected chi connectivity index (χ4v) is 2.74. The van der Waals surface area contributed by atoms with E-state index >= 15 is 0 Å². The smallest absolute Gasteiger partial charge is 0.278 e. The molecule has 2 aromatic heterocycles. The molecule has 3 heterocycles. The zero-order chi connectivity index (χ0) is 18.1. The molecule has 134 valence electrons. The van der Waals surface area contributed by atoms with Crippen molar-refractivity contribution in [1.82, 2.24) is 15.0 Å². The Hall–Kier alpha value is -3.03. The van der Waals surface area contributed by atoms with Crippen LogP contribution in [-0.4, -0.2) is 39.9 Å². The van der Waals surface area contributed by atoms with Crippen LogP contribution in [0.25, 0.3) is 0 Å². The van der Waals surface area contributed by atoms with E-state index in [9.17, 15) is 9.59 Å². The first kappa shape index (κ1) is 16.4. The van der Waals surface area contributed by atoms with E-state index in [1.54, 1.807) is 25.4 Å². The second-order valence-electron chi connectivity index (χ2n) is 6.69. The number of ether oxygens (including phenoxy) is 1. The molecule has 2 aliphatic rings. The third-order valence-corrected chi connectivity index (χ3v) is 4.51. The largest absolute Gasteiger partial charge is 0.476 e. The van der Waals surface area contributed by atoms with Crippen molar-refractivity contribution in [1.29, 1.82) is 0 Å². The van der Waals surface area contributed by atoms with Gasteiger partial charge in [-0.2, -0.15) is 0 Å². The van der Waals surface area contributed by atoms with Gasteiger partial charge >= 0.3 is 0 Å². The minimum absolute atomic E-state index is 0.136. The van der Waals surface area contributed by atoms with Gasteiger partial charge < -0.3 is 15.0 Å². The van der Waals surface area contributed by atoms with Gasteiger partial charge in [0.25, 0.3) is 5.91 Å². The number of hydrogen-bond acceptors (Lipinski definition) is 6. The number of rotatable bonds is 4. The predicted molar refractivity (Wildman–Crippen MR) is 94.0 cm³/mol. The van der Waals surface area contributed by atoms with Crippen molar-refractivity contribution in [3.63, 3.8) is 0 Å². The Morgan fingerprint density at radius 3 is 2.88 bits per heavy atom. The minimum Gasteiger partial charge on any atom is -0.476 e. The van der Waals surface area contributed by atoms with E-state index < -0.39 is 0 Å². The van der Waals surface area contributed by atoms with E-state index in [2.05, 4.69) is 20.3 Å². The number of aromatic nitrogens is 3. The zero-order valence-electron chi connectivity index (χ0n) is 14.4. The summed E-state index contributed by atoms with van der Waals surface area (Å²) in [4.78, 5) is 39.1. The summed E-state index contributed by atoms with van der Waals surface area (Å²) in [7, 11) is 0. The van der Waals surface area contributed by atoms with Crippen LogP contribution in [0.15, 0.2) is 30.9 Å². The Labute approximate surface area is 150 Å². The average Bonchev–Trinajstić information content (AvgIpc) is 3.49. The molecule has 4 rings (SSSR count). The van der Waals surface area contributed by atoms with Crippen LogP contribution < -0.4 is 15.0 Å². The molecule has 0 bridgehead atoms. The van der Waals surface area contributed by atoms with Crippen molar-refractivity contribution in [2.45, 2.75) is 19.8 Å². The highest BCUT2D eigenvalue weighted by Gasteiger charge is 2.30. The summed E-state index contributed by atoms with van der Waals surface area (Å²) >= 11 is 0. The standard InChI is InChI=1S/C18H19N5O3/c1-11-9-23(15-7-19-5-4-13(15)22-17(11)24)18(25)14-6-21-16(8-20-14)26-10-12-2-3-12/h4-8,11-12H,2-3,9-10H2,1H3,(H,22,24). The van der Waals surface area contributed by atoms with Crippen molar-refractivity contribution >= 4 is 23.2 Å². The molecule has 0 radical (unpaired) electrons. The minimum atomic E-state index is -0.361. The maximum absolute atomic E-state index is 13.0. The van der Waals surface area contributed by atoms with Crippen LogP contribution in [0, 0.1) is 11.8 Å². The van der Waals surface area contributed by atoms with Crippen molar-refractivity contribution in [2.24, 2.45) is 11.8 Å². The number of carbonyl (C=O) groups is 2. The quantitative estimate of drug-likeness (QED) is 0.901. The van der Waals surface area contributed by atoms with Crippen LogP contribution in [0.3, 0.4) is 0 Å². The molecule has 1 saturated carbocycles. The first-order valence-corrected chi connectivity index (χ1v) is 8.63. The topological polar surface area (TPSA) is 97.3 Å². The lowest BCUT2D eigenvalue weighted by Gasteiger charge is -2.22. The molecule has 26 heavy (non-hydrogen) atoms. The summed E-state index contributed by atoms with van der Waals surface area (Å²) in [6, 6.07) is 1.67. The number of hydrogen-bond donors (Lipinski definition) is 1. The molecule has 2 aromatic rings. The highest BCUT2D eigenvalue weighted by Crippen LogP contribution is 2.30. The molecule has 1 fully saturated rings. The monoisotopic (exact) mass is 353 g/mol. The van der Waals surface area contributed by atoms with E-state index in [1.165, 1.54) is 30.1 Å². The summed E-state index contributed by atoms with van der Waals surface area (Å²) in [6.07, 6.45) is 8.39. The van der Waals surface area contributed by atoms with E-state index in [1.807, 2.05) is 0 Å². The van der Waals surface area contributed by atoms with Crippen molar-refractivity contribution < 1.29 is 14.3 Å². The Morgan fingerprint density at radius 1 is 1.31 bits per heavy atom. The van der Waals surface area contributed by atoms with Gasteiger partial charge in [-0.25, -0.2) is 9.97 Å². The second-order valence-corrected chi connectivity index (χ2v) is 6.69. The molecule has 1 atom stereocenters. The molecule has 1 N–H and O–H groups in total. The van der Waals surface area contributed by atoms with Gasteiger partial charge in [0.2, 0.25) is 11.8 Å². The van der Waals surface area contributed by atoms with E-state index in [0.717, 1.165) is 0 Å². The molecule has 8 heteroatoms. The van der Waals surface area contributed by atoms with Crippen LogP contribution in [0.1, 0.15) is 30.3 Å². The summed E-state index contributed by atoms with van der Waals surface area (Å²) in [6.45, 7) is 2.65. The molecule has 1 aliphatic heterocycles. The van der Waals surface area contributed by atoms with E-state index in [4.69, 9.17) is 4.74 Å². The van der Waals surface area contributed by atoms with Crippen LogP contribution >= 0.6 is 0 Å². The van der Waals surface area contributed by atoms with Gasteiger partial charge in [0.1, 0.15) is 5.69 Å². The second kappa shape index (κ2) is 6.70. The molecule has 8 nitrogen and oxygen atoms in total. The van der Waals surface area contributed by atoms with E-state index in [-0.39, 0.29) is 30.0 Å². The number of fused-ring (bicyclic) bond motifs is 1. The maximum atomic E-state index is 13.0. The summed E-state index contributed by atoms with van der Waals surface area (Å²) < 4.78 is 5.55. The van der Waals surface area contributed by atoms with Crippen molar-refractivity contribution in [3.8, 4) is 5.88 Å². The Kier molecular flexibility index (Phi) is 4.24. The number of carbonyl (C=O) groups excluding carboxylic acids is 2. The summed E-state index contributed by atoms with van der Waals surface area (Å²) in [5.41, 5.74) is 1.30. The molecular weight excluding hydrogens is 334 g/mol. The molecule has 2 amide bonds. The van der Waals surface area contributed by atoms with E-state index in [0.29, 0.717) is 29.8 Å². The number of nitrogens with one attached hydrogen (secondary N) is 1. The lowest BCUT2D eigenvalue weighted by Crippen LogP contribution is -2.36. The lowest BCUT2D eigenvalue weighted by atomic mass is 10.1. The third kappa shape index (κ3) is 3.35. The van der Waals surface area contributed by atoms with Gasteiger partial charge in [-0.3, -0.25) is 14.6 Å². The third-order valence-electron chi connectivity index (χ3n) is 4.51. The maximum Gasteiger partial charge on any atom is 0.278 e. The van der Waals surface area contributed by atoms with Crippen molar-refractivity contribution in [2.75, 3.05) is 23.4 Å². The van der Waals surface area contributed by atoms with Gasteiger partial charge in [0.05, 0.1) is 42.5 Å². The number of pyridine rings is 1. The van der Waals surface area contributed by atoms with Gasteiger partial charge in [-0.15, -0.1) is 0 Å². The number of anilines is 2. The Bertz CT molecular complexity index is 835. The van der Waals surface area contributed by atoms with Gasteiger partial charge in [0.15, 0.2) is 0 Å². The zero-order valence-corrected chi connectivity index (χ0v) is 14.4. The SMILES string of the molecule is CC1CN(C(=O)c2cnc(OCC3CC3)cn2)c2cnccc2NC1=O. The van der Waals surface area contributed by atoms with Gasteiger partial charge in [0, 0.05) is 12.7 Å². The van der Waals surface area contributed by atoms with Crippen LogP contribution in [0.4, 0.5) is 11.4 Å². The molecule has 0 spiro atoms. The first-order chi connectivity index (χ1) is 12.6. The fraction of sp³-hybridized carbons (Fsp3) is 0.389. The van der Waals surface area contributed by atoms with Crippen LogP contribution in [0.5, 0.6) is 5.88 Å². The molecule has 0 saturated heterocycles. The first-order valence-electron chi connectivity index (χ1n) is 8.63. The molecular formula is C18H19N5O3. The summed E-state index contributed by atoms with van der Waals surface area (Å²) in [5, 5.41) is 2.82. The average molecular weight is 353 g/mol. The van der Waals surface area contributed by atoms with Crippen molar-refractivity contribution in [3.05, 3.63) is 36.5 Å². The fourth-order valence-electron chi connectivity index (χ4n) is 2.74. The van der Waals surface area contributed by atoms with Gasteiger partial charge in [-0.05, 0) is 24.8 Å². The number of amides is 2. The predicted octanol–water partition coefficient (Wildman–Crippen LogP) is 1.90. The number of nitrogens with zero attached hydrogens (tertiary/aromatic N) is 4. The van der Waals surface area contributed by atoms with Gasteiger partial charge in [-0.1, -0.05) is 6.92 Å². The normalized spacial score (nSPS) is 19.3. The van der Waals surface area contributed by atoms with Crippen LogP contribution in [-0.2, 0) is 4.79 Å². The lowest BCUT2D eigenvalue weighted by molar-refractivity contribution is -0.119. The Morgan fingerprint density at radius 2 is 2.15 bits per heavy atom. The molecule has 1 unspecified atom stereocenters.